The smallest absolute Gasteiger partial charge is 0.337 e. The highest BCUT2D eigenvalue weighted by Crippen LogP contribution is 2.38. The van der Waals surface area contributed by atoms with Gasteiger partial charge in [0, 0.05) is 37.5 Å². The molecule has 3 aromatic rings. The average Bonchev–Trinajstić information content (AvgIpc) is 3.24. The van der Waals surface area contributed by atoms with Crippen LogP contribution in [0.15, 0.2) is 72.8 Å². The van der Waals surface area contributed by atoms with Gasteiger partial charge in [0.15, 0.2) is 0 Å². The molecule has 0 saturated heterocycles. The van der Waals surface area contributed by atoms with E-state index in [1.54, 1.807) is 55.5 Å². The van der Waals surface area contributed by atoms with E-state index in [-0.39, 0.29) is 11.8 Å². The molecule has 3 aromatic carbocycles. The summed E-state index contributed by atoms with van der Waals surface area (Å²) in [5.41, 5.74) is 4.49. The fourth-order valence-electron chi connectivity index (χ4n) is 3.97. The zero-order valence-electron chi connectivity index (χ0n) is 20.3. The number of esters is 1. The summed E-state index contributed by atoms with van der Waals surface area (Å²) in [6.45, 7) is 0.910. The van der Waals surface area contributed by atoms with Gasteiger partial charge in [-0.05, 0) is 35.9 Å². The van der Waals surface area contributed by atoms with Crippen LogP contribution in [0.2, 0.25) is 0 Å². The van der Waals surface area contributed by atoms with Gasteiger partial charge in [-0.2, -0.15) is 0 Å². The van der Waals surface area contributed by atoms with E-state index in [4.69, 9.17) is 9.47 Å². The van der Waals surface area contributed by atoms with Crippen molar-refractivity contribution >= 4 is 40.4 Å². The van der Waals surface area contributed by atoms with Gasteiger partial charge in [0.25, 0.3) is 11.8 Å². The first-order valence-corrected chi connectivity index (χ1v) is 11.4. The van der Waals surface area contributed by atoms with Crippen molar-refractivity contribution in [1.29, 1.82) is 0 Å². The van der Waals surface area contributed by atoms with Crippen LogP contribution >= 0.6 is 0 Å². The summed E-state index contributed by atoms with van der Waals surface area (Å²) < 4.78 is 9.87. The molecule has 36 heavy (non-hydrogen) atoms. The number of hydrogen-bond donors (Lipinski definition) is 2. The Morgan fingerprint density at radius 2 is 1.67 bits per heavy atom. The van der Waals surface area contributed by atoms with E-state index in [2.05, 4.69) is 10.6 Å². The highest BCUT2D eigenvalue weighted by atomic mass is 16.5. The second-order valence-electron chi connectivity index (χ2n) is 8.25. The molecule has 0 fully saturated rings. The molecule has 0 aliphatic carbocycles. The van der Waals surface area contributed by atoms with Gasteiger partial charge in [-0.1, -0.05) is 42.5 Å². The van der Waals surface area contributed by atoms with Crippen molar-refractivity contribution in [3.05, 3.63) is 95.1 Å². The van der Waals surface area contributed by atoms with Crippen molar-refractivity contribution in [2.45, 2.75) is 0 Å². The molecular formula is C28H27N3O5. The number of amides is 2. The molecule has 8 nitrogen and oxygen atoms in total. The maximum absolute atomic E-state index is 13.2. The molecule has 4 rings (SSSR count). The number of carbonyl (C=O) groups excluding carboxylic acids is 3. The summed E-state index contributed by atoms with van der Waals surface area (Å²) in [5.74, 6) is -0.920. The SMILES string of the molecule is COCCN(C)C(=O)c1cccc(N/C(=C2\C(=O)Nc3cc(C(=O)OC)ccc32)c2ccccc2)c1. The second kappa shape index (κ2) is 10.9. The van der Waals surface area contributed by atoms with E-state index in [0.717, 1.165) is 5.56 Å². The number of methoxy groups -OCH3 is 2. The molecule has 0 bridgehead atoms. The van der Waals surface area contributed by atoms with Crippen LogP contribution in [0.4, 0.5) is 11.4 Å². The first-order chi connectivity index (χ1) is 17.4. The van der Waals surface area contributed by atoms with Crippen LogP contribution in [0.1, 0.15) is 31.8 Å². The quantitative estimate of drug-likeness (QED) is 0.368. The summed E-state index contributed by atoms with van der Waals surface area (Å²) in [6.07, 6.45) is 0. The summed E-state index contributed by atoms with van der Waals surface area (Å²) in [5, 5.41) is 6.22. The number of rotatable bonds is 8. The number of anilines is 2. The van der Waals surface area contributed by atoms with Gasteiger partial charge >= 0.3 is 5.97 Å². The standard InChI is InChI=1S/C28H27N3O5/c1-31(14-15-35-2)27(33)19-10-7-11-21(16-19)29-25(18-8-5-4-6-9-18)24-22-13-12-20(28(34)36-3)17-23(22)30-26(24)32/h4-13,16-17,29H,14-15H2,1-3H3,(H,30,32)/b25-24-. The molecule has 1 heterocycles. The van der Waals surface area contributed by atoms with Gasteiger partial charge in [-0.3, -0.25) is 9.59 Å². The van der Waals surface area contributed by atoms with E-state index in [1.807, 2.05) is 36.4 Å². The predicted molar refractivity (Wildman–Crippen MR) is 139 cm³/mol. The van der Waals surface area contributed by atoms with Gasteiger partial charge in [0.2, 0.25) is 0 Å². The zero-order valence-corrected chi connectivity index (χ0v) is 20.3. The van der Waals surface area contributed by atoms with Gasteiger partial charge in [0.1, 0.15) is 0 Å². The Kier molecular flexibility index (Phi) is 7.46. The number of carbonyl (C=O) groups is 3. The molecule has 1 aliphatic rings. The van der Waals surface area contributed by atoms with Crippen LogP contribution in [0, 0.1) is 0 Å². The fraction of sp³-hybridized carbons (Fsp3) is 0.179. The molecule has 1 aliphatic heterocycles. The third-order valence-corrected chi connectivity index (χ3v) is 5.85. The van der Waals surface area contributed by atoms with Crippen molar-refractivity contribution in [2.24, 2.45) is 0 Å². The Hall–Kier alpha value is -4.43. The first-order valence-electron chi connectivity index (χ1n) is 11.4. The van der Waals surface area contributed by atoms with Crippen molar-refractivity contribution < 1.29 is 23.9 Å². The average molecular weight is 486 g/mol. The third kappa shape index (κ3) is 5.13. The number of benzene rings is 3. The van der Waals surface area contributed by atoms with E-state index in [1.165, 1.54) is 7.11 Å². The molecule has 0 spiro atoms. The number of likely N-dealkylation sites (N-methyl/N-ethyl adjacent to an activating group) is 1. The highest BCUT2D eigenvalue weighted by Gasteiger charge is 2.29. The number of nitrogens with zero attached hydrogens (tertiary/aromatic N) is 1. The largest absolute Gasteiger partial charge is 0.465 e. The van der Waals surface area contributed by atoms with Crippen LogP contribution in [0.5, 0.6) is 0 Å². The Bertz CT molecular complexity index is 1330. The van der Waals surface area contributed by atoms with Crippen molar-refractivity contribution in [3.63, 3.8) is 0 Å². The molecule has 0 aromatic heterocycles. The number of hydrogen-bond acceptors (Lipinski definition) is 6. The topological polar surface area (TPSA) is 97.0 Å². The molecule has 0 atom stereocenters. The predicted octanol–water partition coefficient (Wildman–Crippen LogP) is 4.12. The minimum Gasteiger partial charge on any atom is -0.465 e. The van der Waals surface area contributed by atoms with Crippen LogP contribution in [-0.4, -0.2) is 57.1 Å². The van der Waals surface area contributed by atoms with Crippen molar-refractivity contribution in [2.75, 3.05) is 45.1 Å². The number of fused-ring (bicyclic) bond motifs is 1. The Morgan fingerprint density at radius 1 is 0.917 bits per heavy atom. The second-order valence-corrected chi connectivity index (χ2v) is 8.25. The van der Waals surface area contributed by atoms with E-state index in [0.29, 0.717) is 52.5 Å². The van der Waals surface area contributed by atoms with E-state index in [9.17, 15) is 14.4 Å². The van der Waals surface area contributed by atoms with Gasteiger partial charge in [-0.15, -0.1) is 0 Å². The van der Waals surface area contributed by atoms with Gasteiger partial charge < -0.3 is 25.0 Å². The summed E-state index contributed by atoms with van der Waals surface area (Å²) in [4.78, 5) is 39.6. The monoisotopic (exact) mass is 485 g/mol. The molecule has 8 heteroatoms. The normalized spacial score (nSPS) is 13.5. The summed E-state index contributed by atoms with van der Waals surface area (Å²) in [7, 11) is 4.63. The molecule has 0 unspecified atom stereocenters. The third-order valence-electron chi connectivity index (χ3n) is 5.85. The lowest BCUT2D eigenvalue weighted by Crippen LogP contribution is -2.29. The zero-order chi connectivity index (χ0) is 25.7. The van der Waals surface area contributed by atoms with Gasteiger partial charge in [-0.25, -0.2) is 4.79 Å². The molecular weight excluding hydrogens is 458 g/mol. The number of ether oxygens (including phenoxy) is 2. The molecule has 2 amide bonds. The highest BCUT2D eigenvalue weighted by molar-refractivity contribution is 6.37. The maximum Gasteiger partial charge on any atom is 0.337 e. The molecule has 0 radical (unpaired) electrons. The van der Waals surface area contributed by atoms with Crippen LogP contribution < -0.4 is 10.6 Å². The molecule has 184 valence electrons. The summed E-state index contributed by atoms with van der Waals surface area (Å²) >= 11 is 0. The first kappa shape index (κ1) is 24.7. The van der Waals surface area contributed by atoms with E-state index < -0.39 is 5.97 Å². The lowest BCUT2D eigenvalue weighted by molar-refractivity contribution is -0.110. The minimum absolute atomic E-state index is 0.135. The van der Waals surface area contributed by atoms with Gasteiger partial charge in [0.05, 0.1) is 36.2 Å². The minimum atomic E-state index is -0.483. The van der Waals surface area contributed by atoms with Crippen molar-refractivity contribution in [3.8, 4) is 0 Å². The van der Waals surface area contributed by atoms with Crippen LogP contribution in [0.3, 0.4) is 0 Å². The van der Waals surface area contributed by atoms with Crippen LogP contribution in [-0.2, 0) is 14.3 Å². The van der Waals surface area contributed by atoms with Crippen LogP contribution in [0.25, 0.3) is 11.3 Å². The fourth-order valence-corrected chi connectivity index (χ4v) is 3.97. The Labute approximate surface area is 209 Å². The summed E-state index contributed by atoms with van der Waals surface area (Å²) in [6, 6.07) is 21.5. The maximum atomic E-state index is 13.2. The molecule has 2 N–H and O–H groups in total. The van der Waals surface area contributed by atoms with Crippen molar-refractivity contribution in [1.82, 2.24) is 4.90 Å². The lowest BCUT2D eigenvalue weighted by Gasteiger charge is -2.18. The van der Waals surface area contributed by atoms with E-state index >= 15 is 0 Å². The molecule has 0 saturated carbocycles. The number of nitrogens with one attached hydrogen (secondary N) is 2. The Morgan fingerprint density at radius 3 is 2.39 bits per heavy atom. The Balaban J connectivity index is 1.76. The lowest BCUT2D eigenvalue weighted by atomic mass is 9.99.